The summed E-state index contributed by atoms with van der Waals surface area (Å²) in [4.78, 5) is 25.0. The van der Waals surface area contributed by atoms with Crippen LogP contribution in [0.5, 0.6) is 5.75 Å². The van der Waals surface area contributed by atoms with Gasteiger partial charge < -0.3 is 15.4 Å². The Morgan fingerprint density at radius 3 is 2.24 bits per heavy atom. The fraction of sp³-hybridized carbons (Fsp3) is 0.192. The highest BCUT2D eigenvalue weighted by Crippen LogP contribution is 2.15. The predicted octanol–water partition coefficient (Wildman–Crippen LogP) is 5.63. The number of carbonyl (C=O) groups excluding carboxylic acids is 2. The molecule has 0 bridgehead atoms. The molecule has 3 rings (SSSR count). The van der Waals surface area contributed by atoms with Gasteiger partial charge in [0.25, 0.3) is 11.8 Å². The minimum atomic E-state index is -0.331. The van der Waals surface area contributed by atoms with Gasteiger partial charge in [-0.1, -0.05) is 44.0 Å². The molecule has 0 heterocycles. The van der Waals surface area contributed by atoms with Crippen molar-refractivity contribution in [1.82, 2.24) is 5.32 Å². The molecule has 0 saturated carbocycles. The van der Waals surface area contributed by atoms with Gasteiger partial charge in [-0.25, -0.2) is 0 Å². The zero-order valence-corrected chi connectivity index (χ0v) is 19.3. The Morgan fingerprint density at radius 1 is 0.788 bits per heavy atom. The number of anilines is 2. The lowest BCUT2D eigenvalue weighted by Gasteiger charge is -2.11. The fourth-order valence-electron chi connectivity index (χ4n) is 3.05. The summed E-state index contributed by atoms with van der Waals surface area (Å²) in [6.07, 6.45) is 3.28. The van der Waals surface area contributed by atoms with Crippen LogP contribution >= 0.6 is 12.2 Å². The molecule has 2 amide bonds. The number of rotatable bonds is 9. The number of benzene rings is 3. The van der Waals surface area contributed by atoms with E-state index in [9.17, 15) is 9.59 Å². The first-order valence-electron chi connectivity index (χ1n) is 10.9. The first-order valence-corrected chi connectivity index (χ1v) is 11.3. The number of thiocarbonyl (C=S) groups is 1. The highest BCUT2D eigenvalue weighted by atomic mass is 32.1. The van der Waals surface area contributed by atoms with E-state index in [1.54, 1.807) is 48.5 Å². The zero-order chi connectivity index (χ0) is 23.5. The molecule has 6 nitrogen and oxygen atoms in total. The molecular weight excluding hydrogens is 434 g/mol. The third kappa shape index (κ3) is 7.73. The number of unbranched alkanes of at least 4 members (excludes halogenated alkanes) is 2. The van der Waals surface area contributed by atoms with E-state index >= 15 is 0 Å². The van der Waals surface area contributed by atoms with Crippen molar-refractivity contribution in [3.63, 3.8) is 0 Å². The largest absolute Gasteiger partial charge is 0.494 e. The molecule has 3 aromatic carbocycles. The Labute approximate surface area is 199 Å². The molecular formula is C26H27N3O3S. The summed E-state index contributed by atoms with van der Waals surface area (Å²) in [6.45, 7) is 2.81. The molecule has 0 aliphatic carbocycles. The van der Waals surface area contributed by atoms with Crippen LogP contribution in [0.4, 0.5) is 11.4 Å². The maximum atomic E-state index is 12.5. The van der Waals surface area contributed by atoms with Gasteiger partial charge in [0.2, 0.25) is 0 Å². The maximum Gasteiger partial charge on any atom is 0.257 e. The van der Waals surface area contributed by atoms with Crippen LogP contribution in [-0.2, 0) is 0 Å². The van der Waals surface area contributed by atoms with E-state index in [4.69, 9.17) is 17.0 Å². The predicted molar refractivity (Wildman–Crippen MR) is 136 cm³/mol. The number of carbonyl (C=O) groups is 2. The standard InChI is InChI=1S/C26H27N3O3S/c1-2-3-7-17-32-23-15-13-19(14-16-23)24(30)29-26(33)28-22-12-8-9-20(18-22)25(31)27-21-10-5-4-6-11-21/h4-6,8-16,18H,2-3,7,17H2,1H3,(H,27,31)(H2,28,29,30,33). The minimum absolute atomic E-state index is 0.139. The smallest absolute Gasteiger partial charge is 0.257 e. The van der Waals surface area contributed by atoms with E-state index < -0.39 is 0 Å². The second kappa shape index (κ2) is 12.4. The molecule has 33 heavy (non-hydrogen) atoms. The number of ether oxygens (including phenoxy) is 1. The van der Waals surface area contributed by atoms with Gasteiger partial charge in [0.05, 0.1) is 6.61 Å². The summed E-state index contributed by atoms with van der Waals surface area (Å²) in [5.41, 5.74) is 2.24. The van der Waals surface area contributed by atoms with Crippen molar-refractivity contribution in [2.45, 2.75) is 26.2 Å². The van der Waals surface area contributed by atoms with Crippen molar-refractivity contribution < 1.29 is 14.3 Å². The van der Waals surface area contributed by atoms with Crippen molar-refractivity contribution >= 4 is 40.5 Å². The van der Waals surface area contributed by atoms with Crippen molar-refractivity contribution in [1.29, 1.82) is 0 Å². The van der Waals surface area contributed by atoms with Crippen LogP contribution in [0.1, 0.15) is 46.9 Å². The molecule has 3 aromatic rings. The van der Waals surface area contributed by atoms with Gasteiger partial charge >= 0.3 is 0 Å². The molecule has 0 radical (unpaired) electrons. The average Bonchev–Trinajstić information content (AvgIpc) is 2.83. The molecule has 0 atom stereocenters. The van der Waals surface area contributed by atoms with Crippen LogP contribution in [0.2, 0.25) is 0 Å². The summed E-state index contributed by atoms with van der Waals surface area (Å²) in [7, 11) is 0. The minimum Gasteiger partial charge on any atom is -0.494 e. The zero-order valence-electron chi connectivity index (χ0n) is 18.5. The molecule has 0 aliphatic heterocycles. The number of hydrogen-bond acceptors (Lipinski definition) is 4. The quantitative estimate of drug-likeness (QED) is 0.284. The van der Waals surface area contributed by atoms with Crippen molar-refractivity contribution in [3.8, 4) is 5.75 Å². The van der Waals surface area contributed by atoms with Gasteiger partial charge in [-0.05, 0) is 73.2 Å². The van der Waals surface area contributed by atoms with E-state index in [1.165, 1.54) is 0 Å². The molecule has 0 aliphatic rings. The Kier molecular flexibility index (Phi) is 8.97. The summed E-state index contributed by atoms with van der Waals surface area (Å²) < 4.78 is 5.67. The molecule has 7 heteroatoms. The van der Waals surface area contributed by atoms with Crippen LogP contribution in [0, 0.1) is 0 Å². The SMILES string of the molecule is CCCCCOc1ccc(C(=O)NC(=S)Nc2cccc(C(=O)Nc3ccccc3)c2)cc1. The fourth-order valence-corrected chi connectivity index (χ4v) is 3.26. The Bertz CT molecular complexity index is 1090. The molecule has 0 saturated heterocycles. The highest BCUT2D eigenvalue weighted by molar-refractivity contribution is 7.80. The molecule has 0 spiro atoms. The first kappa shape index (κ1) is 23.9. The number of hydrogen-bond donors (Lipinski definition) is 3. The van der Waals surface area contributed by atoms with E-state index in [0.29, 0.717) is 29.1 Å². The molecule has 3 N–H and O–H groups in total. The lowest BCUT2D eigenvalue weighted by atomic mass is 10.2. The molecule has 170 valence electrons. The van der Waals surface area contributed by atoms with E-state index in [-0.39, 0.29) is 16.9 Å². The van der Waals surface area contributed by atoms with Crippen molar-refractivity contribution in [2.75, 3.05) is 17.2 Å². The Morgan fingerprint density at radius 2 is 1.52 bits per heavy atom. The van der Waals surface area contributed by atoms with E-state index in [0.717, 1.165) is 25.0 Å². The van der Waals surface area contributed by atoms with E-state index in [2.05, 4.69) is 22.9 Å². The van der Waals surface area contributed by atoms with E-state index in [1.807, 2.05) is 30.3 Å². The van der Waals surface area contributed by atoms with Gasteiger partial charge in [-0.2, -0.15) is 0 Å². The Hall–Kier alpha value is -3.71. The normalized spacial score (nSPS) is 10.2. The van der Waals surface area contributed by atoms with Gasteiger partial charge in [0.1, 0.15) is 5.75 Å². The second-order valence-electron chi connectivity index (χ2n) is 7.39. The summed E-state index contributed by atoms with van der Waals surface area (Å²) in [5, 5.41) is 8.58. The molecule has 0 unspecified atom stereocenters. The second-order valence-corrected chi connectivity index (χ2v) is 7.80. The van der Waals surface area contributed by atoms with Crippen LogP contribution in [0.3, 0.4) is 0 Å². The van der Waals surface area contributed by atoms with Crippen molar-refractivity contribution in [2.24, 2.45) is 0 Å². The topological polar surface area (TPSA) is 79.5 Å². The van der Waals surface area contributed by atoms with Crippen LogP contribution < -0.4 is 20.7 Å². The van der Waals surface area contributed by atoms with Gasteiger partial charge in [-0.15, -0.1) is 0 Å². The Balaban J connectivity index is 1.52. The number of para-hydroxylation sites is 1. The third-order valence-corrected chi connectivity index (χ3v) is 4.98. The van der Waals surface area contributed by atoms with Crippen molar-refractivity contribution in [3.05, 3.63) is 90.0 Å². The monoisotopic (exact) mass is 461 g/mol. The lowest BCUT2D eigenvalue weighted by Crippen LogP contribution is -2.34. The summed E-state index contributed by atoms with van der Waals surface area (Å²) in [5.74, 6) is 0.161. The number of nitrogens with one attached hydrogen (secondary N) is 3. The van der Waals surface area contributed by atoms with Crippen LogP contribution in [0.25, 0.3) is 0 Å². The first-order chi connectivity index (χ1) is 16.0. The van der Waals surface area contributed by atoms with Gasteiger partial charge in [-0.3, -0.25) is 14.9 Å². The highest BCUT2D eigenvalue weighted by Gasteiger charge is 2.10. The van der Waals surface area contributed by atoms with Crippen LogP contribution in [0.15, 0.2) is 78.9 Å². The third-order valence-electron chi connectivity index (χ3n) is 4.77. The molecule has 0 aromatic heterocycles. The summed E-state index contributed by atoms with van der Waals surface area (Å²) >= 11 is 5.27. The maximum absolute atomic E-state index is 12.5. The summed E-state index contributed by atoms with van der Waals surface area (Å²) in [6, 6.07) is 23.0. The molecule has 0 fully saturated rings. The van der Waals surface area contributed by atoms with Gasteiger partial charge in [0, 0.05) is 22.5 Å². The number of amides is 2. The van der Waals surface area contributed by atoms with Crippen LogP contribution in [-0.4, -0.2) is 23.5 Å². The lowest BCUT2D eigenvalue weighted by molar-refractivity contribution is 0.0976. The van der Waals surface area contributed by atoms with Gasteiger partial charge in [0.15, 0.2) is 5.11 Å². The average molecular weight is 462 g/mol.